The molecule has 1 amide bonds. The third-order valence-corrected chi connectivity index (χ3v) is 5.30. The number of Topliss-reactive ketones (excluding diaryl/α,β-unsaturated/α-hetero) is 2. The number of benzene rings is 3. The Bertz CT molecular complexity index is 1060. The summed E-state index contributed by atoms with van der Waals surface area (Å²) in [5, 5.41) is 3.45. The molecule has 0 aromatic heterocycles. The first kappa shape index (κ1) is 22.4. The lowest BCUT2D eigenvalue weighted by atomic mass is 9.85. The molecule has 0 radical (unpaired) electrons. The molecule has 31 heavy (non-hydrogen) atoms. The van der Waals surface area contributed by atoms with Gasteiger partial charge in [-0.1, -0.05) is 72.3 Å². The predicted octanol–water partition coefficient (Wildman–Crippen LogP) is 5.99. The molecule has 1 atom stereocenters. The van der Waals surface area contributed by atoms with Gasteiger partial charge in [-0.2, -0.15) is 0 Å². The van der Waals surface area contributed by atoms with Gasteiger partial charge in [0.2, 0.25) is 5.91 Å². The molecule has 0 saturated heterocycles. The second-order valence-corrected chi connectivity index (χ2v) is 7.84. The van der Waals surface area contributed by atoms with Gasteiger partial charge < -0.3 is 5.32 Å². The van der Waals surface area contributed by atoms with E-state index in [1.54, 1.807) is 54.6 Å². The highest BCUT2D eigenvalue weighted by Crippen LogP contribution is 2.25. The topological polar surface area (TPSA) is 63.2 Å². The Labute approximate surface area is 187 Å². The number of amides is 1. The number of aryl methyl sites for hydroxylation is 1. The molecule has 0 saturated carbocycles. The largest absolute Gasteiger partial charge is 0.326 e. The Morgan fingerprint density at radius 1 is 0.871 bits per heavy atom. The van der Waals surface area contributed by atoms with E-state index in [1.807, 2.05) is 31.2 Å². The van der Waals surface area contributed by atoms with E-state index in [0.717, 1.165) is 5.56 Å². The number of hydrogen-bond donors (Lipinski definition) is 1. The van der Waals surface area contributed by atoms with E-state index in [0.29, 0.717) is 28.3 Å². The molecule has 3 aromatic carbocycles. The predicted molar refractivity (Wildman–Crippen MR) is 124 cm³/mol. The summed E-state index contributed by atoms with van der Waals surface area (Å²) in [4.78, 5) is 38.4. The molecular weight excluding hydrogens is 410 g/mol. The summed E-state index contributed by atoms with van der Waals surface area (Å²) < 4.78 is 0. The van der Waals surface area contributed by atoms with E-state index in [4.69, 9.17) is 11.6 Å². The van der Waals surface area contributed by atoms with E-state index < -0.39 is 5.92 Å². The van der Waals surface area contributed by atoms with Crippen LogP contribution in [-0.4, -0.2) is 17.5 Å². The first-order chi connectivity index (χ1) is 15.0. The summed E-state index contributed by atoms with van der Waals surface area (Å²) in [5.74, 6) is -1.46. The summed E-state index contributed by atoms with van der Waals surface area (Å²) in [6.07, 6.45) is 0.697. The average Bonchev–Trinajstić information content (AvgIpc) is 2.77. The molecule has 0 fully saturated rings. The van der Waals surface area contributed by atoms with Crippen LogP contribution < -0.4 is 5.32 Å². The highest BCUT2D eigenvalue weighted by atomic mass is 35.5. The Morgan fingerprint density at radius 3 is 2.16 bits per heavy atom. The molecule has 4 nitrogen and oxygen atoms in total. The maximum Gasteiger partial charge on any atom is 0.224 e. The molecule has 0 aliphatic heterocycles. The van der Waals surface area contributed by atoms with Crippen molar-refractivity contribution in [1.82, 2.24) is 0 Å². The zero-order valence-corrected chi connectivity index (χ0v) is 18.1. The van der Waals surface area contributed by atoms with Crippen molar-refractivity contribution in [2.45, 2.75) is 32.1 Å². The molecule has 3 rings (SSSR count). The summed E-state index contributed by atoms with van der Waals surface area (Å²) >= 11 is 5.94. The summed E-state index contributed by atoms with van der Waals surface area (Å²) in [5.41, 5.74) is 2.74. The number of ketones is 2. The minimum atomic E-state index is -0.870. The second-order valence-electron chi connectivity index (χ2n) is 7.40. The third-order valence-electron chi connectivity index (χ3n) is 5.06. The number of anilines is 1. The maximum atomic E-state index is 13.1. The molecule has 0 unspecified atom stereocenters. The van der Waals surface area contributed by atoms with Crippen molar-refractivity contribution in [3.05, 3.63) is 101 Å². The van der Waals surface area contributed by atoms with Crippen molar-refractivity contribution in [2.24, 2.45) is 0 Å². The maximum absolute atomic E-state index is 13.1. The lowest BCUT2D eigenvalue weighted by Gasteiger charge is -2.15. The SMILES string of the molecule is Cc1cc(Cl)ccc1NC(=O)CCCC(=O)[C@@H](C(=O)c1ccccc1)c1ccccc1. The normalized spacial score (nSPS) is 11.5. The zero-order valence-electron chi connectivity index (χ0n) is 17.3. The molecule has 3 aromatic rings. The molecule has 0 bridgehead atoms. The van der Waals surface area contributed by atoms with Crippen LogP contribution in [-0.2, 0) is 9.59 Å². The van der Waals surface area contributed by atoms with Gasteiger partial charge in [0, 0.05) is 29.1 Å². The van der Waals surface area contributed by atoms with E-state index in [9.17, 15) is 14.4 Å². The van der Waals surface area contributed by atoms with Crippen LogP contribution >= 0.6 is 11.6 Å². The van der Waals surface area contributed by atoms with Crippen molar-refractivity contribution in [3.8, 4) is 0 Å². The van der Waals surface area contributed by atoms with Crippen molar-refractivity contribution >= 4 is 34.8 Å². The van der Waals surface area contributed by atoms with E-state index >= 15 is 0 Å². The van der Waals surface area contributed by atoms with Crippen LogP contribution in [0.1, 0.15) is 46.7 Å². The molecule has 1 N–H and O–H groups in total. The van der Waals surface area contributed by atoms with Gasteiger partial charge in [-0.15, -0.1) is 0 Å². The van der Waals surface area contributed by atoms with Crippen LogP contribution in [0.15, 0.2) is 78.9 Å². The standard InChI is InChI=1S/C26H24ClNO3/c1-18-17-21(27)15-16-22(18)28-24(30)14-8-13-23(29)25(19-9-4-2-5-10-19)26(31)20-11-6-3-7-12-20/h2-7,9-12,15-17,25H,8,13-14H2,1H3,(H,28,30)/t25-/m0/s1. The van der Waals surface area contributed by atoms with Crippen molar-refractivity contribution < 1.29 is 14.4 Å². The Morgan fingerprint density at radius 2 is 1.52 bits per heavy atom. The van der Waals surface area contributed by atoms with Crippen LogP contribution in [0, 0.1) is 6.92 Å². The number of carbonyl (C=O) groups excluding carboxylic acids is 3. The lowest BCUT2D eigenvalue weighted by molar-refractivity contribution is -0.119. The first-order valence-electron chi connectivity index (χ1n) is 10.2. The molecule has 158 valence electrons. The van der Waals surface area contributed by atoms with Gasteiger partial charge in [0.05, 0.1) is 0 Å². The number of hydrogen-bond acceptors (Lipinski definition) is 3. The zero-order chi connectivity index (χ0) is 22.2. The quantitative estimate of drug-likeness (QED) is 0.333. The van der Waals surface area contributed by atoms with Crippen molar-refractivity contribution in [3.63, 3.8) is 0 Å². The first-order valence-corrected chi connectivity index (χ1v) is 10.6. The monoisotopic (exact) mass is 433 g/mol. The third kappa shape index (κ3) is 6.12. The summed E-state index contributed by atoms with van der Waals surface area (Å²) in [6, 6.07) is 23.1. The Kier molecular flexibility index (Phi) is 7.74. The fourth-order valence-corrected chi connectivity index (χ4v) is 3.67. The highest BCUT2D eigenvalue weighted by Gasteiger charge is 2.28. The molecular formula is C26H24ClNO3. The molecule has 0 aliphatic carbocycles. The van der Waals surface area contributed by atoms with Gasteiger partial charge in [0.1, 0.15) is 11.7 Å². The Hall–Kier alpha value is -3.24. The second kappa shape index (κ2) is 10.7. The number of carbonyl (C=O) groups is 3. The van der Waals surface area contributed by atoms with Gasteiger partial charge in [0.15, 0.2) is 5.78 Å². The minimum Gasteiger partial charge on any atom is -0.326 e. The van der Waals surface area contributed by atoms with E-state index in [1.165, 1.54) is 0 Å². The lowest BCUT2D eigenvalue weighted by Crippen LogP contribution is -2.23. The summed E-state index contributed by atoms with van der Waals surface area (Å²) in [7, 11) is 0. The van der Waals surface area contributed by atoms with Crippen LogP contribution in [0.25, 0.3) is 0 Å². The average molecular weight is 434 g/mol. The number of nitrogens with one attached hydrogen (secondary N) is 1. The molecule has 5 heteroatoms. The summed E-state index contributed by atoms with van der Waals surface area (Å²) in [6.45, 7) is 1.87. The number of halogens is 1. The highest BCUT2D eigenvalue weighted by molar-refractivity contribution is 6.30. The van der Waals surface area contributed by atoms with E-state index in [-0.39, 0.29) is 30.3 Å². The van der Waals surface area contributed by atoms with Crippen molar-refractivity contribution in [2.75, 3.05) is 5.32 Å². The van der Waals surface area contributed by atoms with Crippen LogP contribution in [0.4, 0.5) is 5.69 Å². The van der Waals surface area contributed by atoms with Gasteiger partial charge in [-0.3, -0.25) is 14.4 Å². The smallest absolute Gasteiger partial charge is 0.224 e. The van der Waals surface area contributed by atoms with Gasteiger partial charge >= 0.3 is 0 Å². The fourth-order valence-electron chi connectivity index (χ4n) is 3.45. The van der Waals surface area contributed by atoms with Crippen LogP contribution in [0.2, 0.25) is 5.02 Å². The molecule has 0 heterocycles. The van der Waals surface area contributed by atoms with Crippen molar-refractivity contribution in [1.29, 1.82) is 0 Å². The Balaban J connectivity index is 1.64. The van der Waals surface area contributed by atoms with Gasteiger partial charge in [-0.25, -0.2) is 0 Å². The molecule has 0 aliphatic rings. The minimum absolute atomic E-state index is 0.144. The fraction of sp³-hybridized carbons (Fsp3) is 0.192. The van der Waals surface area contributed by atoms with Crippen LogP contribution in [0.3, 0.4) is 0 Å². The molecule has 0 spiro atoms. The van der Waals surface area contributed by atoms with Gasteiger partial charge in [0.25, 0.3) is 0 Å². The number of rotatable bonds is 9. The van der Waals surface area contributed by atoms with Crippen LogP contribution in [0.5, 0.6) is 0 Å². The van der Waals surface area contributed by atoms with E-state index in [2.05, 4.69) is 5.32 Å². The van der Waals surface area contributed by atoms with Gasteiger partial charge in [-0.05, 0) is 42.7 Å².